The molecular formula is C32H36Cl2FN3O. The molecule has 4 nitrogen and oxygen atoms in total. The van der Waals surface area contributed by atoms with Gasteiger partial charge in [0.25, 0.3) is 5.91 Å². The van der Waals surface area contributed by atoms with E-state index >= 15 is 0 Å². The quantitative estimate of drug-likeness (QED) is 0.315. The molecule has 2 aromatic carbocycles. The van der Waals surface area contributed by atoms with Gasteiger partial charge in [-0.3, -0.25) is 4.79 Å². The maximum Gasteiger partial charge on any atom is 0.272 e. The first-order valence-corrected chi connectivity index (χ1v) is 14.9. The molecular weight excluding hydrogens is 532 g/mol. The molecule has 1 heterocycles. The lowest BCUT2D eigenvalue weighted by molar-refractivity contribution is 0.0732. The standard InChI is InChI=1S/C32H36Cl2FN3O/c1-31(2)21-13-14-32(3,18-21)30(31)36-29(39)27-24-10-5-4-8-20(15-19-7-6-9-23(35)16-19)28(24)38(37-27)26-12-11-22(33)17-25(26)34/h6-7,9,11-12,16-17,20-21,30H,4-5,8,10,13-15,18H2,1-3H3,(H,36,39)/t20?,21?,30-,32?/m1/s1. The lowest BCUT2D eigenvalue weighted by atomic mass is 9.68. The molecule has 2 bridgehead atoms. The first-order chi connectivity index (χ1) is 18.6. The van der Waals surface area contributed by atoms with Crippen molar-refractivity contribution >= 4 is 29.1 Å². The zero-order valence-electron chi connectivity index (χ0n) is 22.9. The second kappa shape index (κ2) is 9.92. The lowest BCUT2D eigenvalue weighted by Crippen LogP contribution is -2.52. The van der Waals surface area contributed by atoms with Crippen molar-refractivity contribution in [2.75, 3.05) is 0 Å². The largest absolute Gasteiger partial charge is 0.347 e. The highest BCUT2D eigenvalue weighted by molar-refractivity contribution is 6.35. The number of fused-ring (bicyclic) bond motifs is 3. The third-order valence-corrected chi connectivity index (χ3v) is 10.4. The summed E-state index contributed by atoms with van der Waals surface area (Å²) in [4.78, 5) is 14.1. The van der Waals surface area contributed by atoms with Crippen LogP contribution in [0.15, 0.2) is 42.5 Å². The van der Waals surface area contributed by atoms with E-state index in [2.05, 4.69) is 26.1 Å². The molecule has 0 radical (unpaired) electrons. The van der Waals surface area contributed by atoms with Crippen LogP contribution in [-0.2, 0) is 12.8 Å². The van der Waals surface area contributed by atoms with Crippen molar-refractivity contribution in [3.8, 4) is 5.69 Å². The van der Waals surface area contributed by atoms with Gasteiger partial charge in [-0.15, -0.1) is 0 Å². The lowest BCUT2D eigenvalue weighted by Gasteiger charge is -2.43. The van der Waals surface area contributed by atoms with E-state index < -0.39 is 0 Å². The third kappa shape index (κ3) is 4.70. The van der Waals surface area contributed by atoms with E-state index in [-0.39, 0.29) is 34.5 Å². The number of carbonyl (C=O) groups is 1. The van der Waals surface area contributed by atoms with Gasteiger partial charge in [-0.05, 0) is 97.6 Å². The number of rotatable bonds is 5. The number of hydrogen-bond acceptors (Lipinski definition) is 2. The van der Waals surface area contributed by atoms with E-state index in [4.69, 9.17) is 28.3 Å². The van der Waals surface area contributed by atoms with Crippen LogP contribution < -0.4 is 5.32 Å². The molecule has 0 saturated heterocycles. The van der Waals surface area contributed by atoms with E-state index in [1.54, 1.807) is 24.3 Å². The Bertz CT molecular complexity index is 1430. The molecule has 2 fully saturated rings. The molecule has 1 amide bonds. The van der Waals surface area contributed by atoms with Crippen LogP contribution in [0.2, 0.25) is 10.0 Å². The van der Waals surface area contributed by atoms with Crippen LogP contribution in [0, 0.1) is 22.6 Å². The summed E-state index contributed by atoms with van der Waals surface area (Å²) >= 11 is 12.9. The molecule has 39 heavy (non-hydrogen) atoms. The van der Waals surface area contributed by atoms with Crippen LogP contribution in [0.5, 0.6) is 0 Å². The maximum absolute atomic E-state index is 14.1. The number of carbonyl (C=O) groups excluding carboxylic acids is 1. The van der Waals surface area contributed by atoms with Gasteiger partial charge < -0.3 is 5.32 Å². The van der Waals surface area contributed by atoms with Crippen LogP contribution in [-0.4, -0.2) is 21.7 Å². The Morgan fingerprint density at radius 1 is 1.13 bits per heavy atom. The summed E-state index contributed by atoms with van der Waals surface area (Å²) in [6.45, 7) is 6.93. The molecule has 1 N–H and O–H groups in total. The zero-order valence-corrected chi connectivity index (χ0v) is 24.4. The molecule has 7 heteroatoms. The maximum atomic E-state index is 14.1. The van der Waals surface area contributed by atoms with Gasteiger partial charge in [-0.25, -0.2) is 9.07 Å². The second-order valence-electron chi connectivity index (χ2n) is 12.8. The molecule has 206 valence electrons. The SMILES string of the molecule is CC12CCC(C1)C(C)(C)[C@H]2NC(=O)c1nn(-c2ccc(Cl)cc2Cl)c2c1CCCCC2Cc1cccc(F)c1. The Labute approximate surface area is 240 Å². The normalized spacial score (nSPS) is 27.3. The van der Waals surface area contributed by atoms with Gasteiger partial charge in [0.15, 0.2) is 5.69 Å². The average molecular weight is 569 g/mol. The van der Waals surface area contributed by atoms with Gasteiger partial charge in [-0.1, -0.05) is 62.5 Å². The summed E-state index contributed by atoms with van der Waals surface area (Å²) in [7, 11) is 0. The highest BCUT2D eigenvalue weighted by Crippen LogP contribution is 2.62. The van der Waals surface area contributed by atoms with Crippen molar-refractivity contribution in [2.24, 2.45) is 16.7 Å². The van der Waals surface area contributed by atoms with Crippen LogP contribution >= 0.6 is 23.2 Å². The van der Waals surface area contributed by atoms with E-state index in [1.165, 1.54) is 12.5 Å². The molecule has 0 spiro atoms. The van der Waals surface area contributed by atoms with Gasteiger partial charge in [0.1, 0.15) is 5.82 Å². The summed E-state index contributed by atoms with van der Waals surface area (Å²) in [5.41, 5.74) is 4.28. The Kier molecular flexibility index (Phi) is 6.83. The molecule has 1 aromatic heterocycles. The number of amides is 1. The van der Waals surface area contributed by atoms with Gasteiger partial charge in [0.05, 0.1) is 16.4 Å². The smallest absolute Gasteiger partial charge is 0.272 e. The monoisotopic (exact) mass is 567 g/mol. The summed E-state index contributed by atoms with van der Waals surface area (Å²) in [5.74, 6) is 0.360. The van der Waals surface area contributed by atoms with Crippen LogP contribution in [0.4, 0.5) is 4.39 Å². The van der Waals surface area contributed by atoms with Crippen LogP contribution in [0.3, 0.4) is 0 Å². The zero-order chi connectivity index (χ0) is 27.5. The molecule has 0 aliphatic heterocycles. The van der Waals surface area contributed by atoms with E-state index in [9.17, 15) is 9.18 Å². The molecule has 3 aromatic rings. The predicted octanol–water partition coefficient (Wildman–Crippen LogP) is 8.32. The first kappa shape index (κ1) is 26.8. The Hall–Kier alpha value is -2.37. The van der Waals surface area contributed by atoms with Crippen molar-refractivity contribution in [2.45, 2.75) is 84.1 Å². The number of nitrogens with one attached hydrogen (secondary N) is 1. The minimum Gasteiger partial charge on any atom is -0.347 e. The minimum absolute atomic E-state index is 0.0432. The molecule has 3 unspecified atom stereocenters. The van der Waals surface area contributed by atoms with E-state index in [0.717, 1.165) is 55.3 Å². The van der Waals surface area contributed by atoms with Crippen molar-refractivity contribution in [3.63, 3.8) is 0 Å². The fourth-order valence-corrected chi connectivity index (χ4v) is 8.48. The van der Waals surface area contributed by atoms with Crippen molar-refractivity contribution in [1.29, 1.82) is 0 Å². The number of halogens is 3. The molecule has 6 rings (SSSR count). The van der Waals surface area contributed by atoms with Crippen molar-refractivity contribution < 1.29 is 9.18 Å². The minimum atomic E-state index is -0.238. The summed E-state index contributed by atoms with van der Waals surface area (Å²) in [6, 6.07) is 12.3. The first-order valence-electron chi connectivity index (χ1n) is 14.2. The van der Waals surface area contributed by atoms with E-state index in [0.29, 0.717) is 33.8 Å². The highest BCUT2D eigenvalue weighted by Gasteiger charge is 2.59. The van der Waals surface area contributed by atoms with E-state index in [1.807, 2.05) is 16.8 Å². The van der Waals surface area contributed by atoms with Gasteiger partial charge in [0.2, 0.25) is 0 Å². The third-order valence-electron chi connectivity index (χ3n) is 9.91. The number of nitrogens with zero attached hydrogens (tertiary/aromatic N) is 2. The fraction of sp³-hybridized carbons (Fsp3) is 0.500. The number of benzene rings is 2. The molecule has 2 saturated carbocycles. The van der Waals surface area contributed by atoms with Crippen LogP contribution in [0.25, 0.3) is 5.69 Å². The predicted molar refractivity (Wildman–Crippen MR) is 154 cm³/mol. The summed E-state index contributed by atoms with van der Waals surface area (Å²) in [6.07, 6.45) is 7.91. The number of aromatic nitrogens is 2. The average Bonchev–Trinajstić information content (AvgIpc) is 3.45. The Morgan fingerprint density at radius 2 is 1.95 bits per heavy atom. The van der Waals surface area contributed by atoms with Crippen molar-refractivity contribution in [1.82, 2.24) is 15.1 Å². The van der Waals surface area contributed by atoms with Crippen molar-refractivity contribution in [3.05, 3.63) is 80.8 Å². The topological polar surface area (TPSA) is 46.9 Å². The Balaban J connectivity index is 1.44. The highest BCUT2D eigenvalue weighted by atomic mass is 35.5. The molecule has 4 atom stereocenters. The summed E-state index contributed by atoms with van der Waals surface area (Å²) in [5, 5.41) is 9.48. The number of hydrogen-bond donors (Lipinski definition) is 1. The van der Waals surface area contributed by atoms with Gasteiger partial charge in [-0.2, -0.15) is 5.10 Å². The molecule has 3 aliphatic rings. The van der Waals surface area contributed by atoms with Gasteiger partial charge >= 0.3 is 0 Å². The second-order valence-corrected chi connectivity index (χ2v) is 13.7. The fourth-order valence-electron chi connectivity index (χ4n) is 7.99. The van der Waals surface area contributed by atoms with Gasteiger partial charge in [0, 0.05) is 22.5 Å². The summed E-state index contributed by atoms with van der Waals surface area (Å²) < 4.78 is 16.0. The molecule has 3 aliphatic carbocycles. The Morgan fingerprint density at radius 3 is 2.67 bits per heavy atom. The van der Waals surface area contributed by atoms with Crippen LogP contribution in [0.1, 0.15) is 92.5 Å².